The lowest BCUT2D eigenvalue weighted by atomic mass is 10.1. The minimum atomic E-state index is 0.734. The lowest BCUT2D eigenvalue weighted by Gasteiger charge is -2.38. The Labute approximate surface area is 173 Å². The molecule has 8 nitrogen and oxygen atoms in total. The van der Waals surface area contributed by atoms with Gasteiger partial charge < -0.3 is 14.0 Å². The number of hydrogen-bond donors (Lipinski definition) is 2. The van der Waals surface area contributed by atoms with E-state index in [-0.39, 0.29) is 0 Å². The van der Waals surface area contributed by atoms with Crippen molar-refractivity contribution in [3.63, 3.8) is 0 Å². The summed E-state index contributed by atoms with van der Waals surface area (Å²) in [6.45, 7) is 3.19. The van der Waals surface area contributed by atoms with Crippen LogP contribution in [0, 0.1) is 0 Å². The standard InChI is InChI=1S/C22H21N7O/c1-2-21(27-8-10-30-11-9-27)29(25-5-1)20-13-18(15-28-7-6-23-22(20)28)16-3-4-17-14-24-26-19(17)12-16/h1-7,12-15,25H,8-11H2,(H,24,26). The van der Waals surface area contributed by atoms with Crippen molar-refractivity contribution in [2.75, 3.05) is 31.3 Å². The summed E-state index contributed by atoms with van der Waals surface area (Å²) in [5, 5.41) is 10.4. The molecular formula is C22H21N7O. The Hall–Kier alpha value is -3.78. The van der Waals surface area contributed by atoms with Gasteiger partial charge in [0.2, 0.25) is 0 Å². The zero-order chi connectivity index (χ0) is 19.9. The molecule has 0 saturated carbocycles. The van der Waals surface area contributed by atoms with Crippen LogP contribution in [0.4, 0.5) is 5.69 Å². The van der Waals surface area contributed by atoms with E-state index in [4.69, 9.17) is 4.74 Å². The van der Waals surface area contributed by atoms with Crippen LogP contribution in [0.5, 0.6) is 0 Å². The van der Waals surface area contributed by atoms with Gasteiger partial charge in [0.15, 0.2) is 5.65 Å². The Bertz CT molecular complexity index is 1280. The van der Waals surface area contributed by atoms with Gasteiger partial charge >= 0.3 is 0 Å². The number of allylic oxidation sites excluding steroid dienone is 2. The zero-order valence-corrected chi connectivity index (χ0v) is 16.3. The lowest BCUT2D eigenvalue weighted by molar-refractivity contribution is 0.0518. The van der Waals surface area contributed by atoms with E-state index in [1.165, 1.54) is 0 Å². The van der Waals surface area contributed by atoms with Crippen molar-refractivity contribution in [1.29, 1.82) is 0 Å². The van der Waals surface area contributed by atoms with E-state index in [2.05, 4.69) is 71.5 Å². The molecule has 30 heavy (non-hydrogen) atoms. The van der Waals surface area contributed by atoms with Gasteiger partial charge in [0.05, 0.1) is 24.9 Å². The van der Waals surface area contributed by atoms with Crippen molar-refractivity contribution in [2.24, 2.45) is 0 Å². The molecule has 3 aromatic heterocycles. The smallest absolute Gasteiger partial charge is 0.162 e. The van der Waals surface area contributed by atoms with Crippen LogP contribution < -0.4 is 10.4 Å². The topological polar surface area (TPSA) is 73.7 Å². The molecule has 2 N–H and O–H groups in total. The fourth-order valence-electron chi connectivity index (χ4n) is 4.08. The second kappa shape index (κ2) is 6.93. The molecule has 1 aromatic carbocycles. The lowest BCUT2D eigenvalue weighted by Crippen LogP contribution is -2.47. The maximum atomic E-state index is 5.54. The van der Waals surface area contributed by atoms with Crippen LogP contribution in [0.1, 0.15) is 0 Å². The summed E-state index contributed by atoms with van der Waals surface area (Å²) in [7, 11) is 0. The third-order valence-corrected chi connectivity index (χ3v) is 5.59. The van der Waals surface area contributed by atoms with Crippen LogP contribution in [0.2, 0.25) is 0 Å². The Balaban J connectivity index is 1.47. The van der Waals surface area contributed by atoms with Crippen molar-refractivity contribution >= 4 is 22.2 Å². The molecule has 1 saturated heterocycles. The van der Waals surface area contributed by atoms with Gasteiger partial charge in [0.25, 0.3) is 0 Å². The van der Waals surface area contributed by atoms with E-state index in [0.717, 1.165) is 65.5 Å². The first-order chi connectivity index (χ1) is 14.9. The van der Waals surface area contributed by atoms with Crippen molar-refractivity contribution in [3.8, 4) is 11.1 Å². The summed E-state index contributed by atoms with van der Waals surface area (Å²) in [6, 6.07) is 8.53. The van der Waals surface area contributed by atoms with Crippen LogP contribution in [0.3, 0.4) is 0 Å². The minimum absolute atomic E-state index is 0.734. The largest absolute Gasteiger partial charge is 0.378 e. The quantitative estimate of drug-likeness (QED) is 0.552. The molecule has 0 radical (unpaired) electrons. The molecule has 1 fully saturated rings. The molecule has 0 atom stereocenters. The van der Waals surface area contributed by atoms with E-state index in [1.807, 2.05) is 30.9 Å². The van der Waals surface area contributed by atoms with Crippen molar-refractivity contribution < 1.29 is 4.74 Å². The number of aromatic nitrogens is 4. The number of hydrogen-bond acceptors (Lipinski definition) is 6. The summed E-state index contributed by atoms with van der Waals surface area (Å²) in [6.07, 6.45) is 13.9. The molecule has 0 bridgehead atoms. The van der Waals surface area contributed by atoms with Gasteiger partial charge in [-0.2, -0.15) is 5.10 Å². The monoisotopic (exact) mass is 399 g/mol. The fourth-order valence-corrected chi connectivity index (χ4v) is 4.08. The van der Waals surface area contributed by atoms with E-state index in [1.54, 1.807) is 0 Å². The van der Waals surface area contributed by atoms with E-state index >= 15 is 0 Å². The molecule has 4 aromatic rings. The van der Waals surface area contributed by atoms with E-state index in [0.29, 0.717) is 0 Å². The molecule has 2 aliphatic rings. The number of pyridine rings is 1. The third kappa shape index (κ3) is 2.81. The number of nitrogens with one attached hydrogen (secondary N) is 2. The molecule has 8 heteroatoms. The van der Waals surface area contributed by atoms with Crippen molar-refractivity contribution in [3.05, 3.63) is 73.2 Å². The van der Waals surface area contributed by atoms with Gasteiger partial charge in [0, 0.05) is 48.8 Å². The SMILES string of the molecule is C1=CNN(c2cc(-c3ccc4cn[nH]c4c3)cn3ccnc23)C(N2CCOCC2)=C1. The van der Waals surface area contributed by atoms with Gasteiger partial charge in [-0.3, -0.25) is 10.5 Å². The number of morpholine rings is 1. The summed E-state index contributed by atoms with van der Waals surface area (Å²) in [5.74, 6) is 1.09. The van der Waals surface area contributed by atoms with E-state index < -0.39 is 0 Å². The number of fused-ring (bicyclic) bond motifs is 2. The first kappa shape index (κ1) is 17.1. The van der Waals surface area contributed by atoms with Crippen LogP contribution in [-0.4, -0.2) is 50.8 Å². The second-order valence-electron chi connectivity index (χ2n) is 7.39. The van der Waals surface area contributed by atoms with E-state index in [9.17, 15) is 0 Å². The van der Waals surface area contributed by atoms with Crippen LogP contribution >= 0.6 is 0 Å². The van der Waals surface area contributed by atoms with Gasteiger partial charge in [0.1, 0.15) is 11.5 Å². The molecular weight excluding hydrogens is 378 g/mol. The molecule has 150 valence electrons. The van der Waals surface area contributed by atoms with Crippen LogP contribution in [0.25, 0.3) is 27.7 Å². The average molecular weight is 399 g/mol. The fraction of sp³-hybridized carbons (Fsp3) is 0.182. The molecule has 6 rings (SSSR count). The Kier molecular flexibility index (Phi) is 3.95. The number of nitrogens with zero attached hydrogens (tertiary/aromatic N) is 5. The number of anilines is 1. The summed E-state index contributed by atoms with van der Waals surface area (Å²) in [4.78, 5) is 6.96. The number of aromatic amines is 1. The average Bonchev–Trinajstić information content (AvgIpc) is 3.48. The van der Waals surface area contributed by atoms with Crippen LogP contribution in [-0.2, 0) is 4.74 Å². The highest BCUT2D eigenvalue weighted by Crippen LogP contribution is 2.32. The molecule has 0 unspecified atom stereocenters. The molecule has 0 spiro atoms. The van der Waals surface area contributed by atoms with Crippen molar-refractivity contribution in [2.45, 2.75) is 0 Å². The second-order valence-corrected chi connectivity index (χ2v) is 7.39. The molecule has 0 amide bonds. The van der Waals surface area contributed by atoms with Gasteiger partial charge in [-0.05, 0) is 29.8 Å². The van der Waals surface area contributed by atoms with Gasteiger partial charge in [-0.25, -0.2) is 9.99 Å². The highest BCUT2D eigenvalue weighted by molar-refractivity contribution is 5.85. The first-order valence-electron chi connectivity index (χ1n) is 10.0. The number of rotatable bonds is 3. The Morgan fingerprint density at radius 1 is 1.07 bits per heavy atom. The molecule has 0 aliphatic carbocycles. The van der Waals surface area contributed by atoms with Gasteiger partial charge in [-0.15, -0.1) is 0 Å². The predicted molar refractivity (Wildman–Crippen MR) is 116 cm³/mol. The van der Waals surface area contributed by atoms with Crippen molar-refractivity contribution in [1.82, 2.24) is 29.9 Å². The molecule has 2 aliphatic heterocycles. The maximum absolute atomic E-state index is 5.54. The number of H-pyrrole nitrogens is 1. The predicted octanol–water partition coefficient (Wildman–Crippen LogP) is 2.89. The summed E-state index contributed by atoms with van der Waals surface area (Å²) in [5.41, 5.74) is 8.52. The molecule has 5 heterocycles. The number of imidazole rings is 1. The highest BCUT2D eigenvalue weighted by atomic mass is 16.5. The Morgan fingerprint density at radius 2 is 2.00 bits per heavy atom. The normalized spacial score (nSPS) is 16.9. The van der Waals surface area contributed by atoms with Gasteiger partial charge in [-0.1, -0.05) is 12.1 Å². The Morgan fingerprint density at radius 3 is 2.93 bits per heavy atom. The maximum Gasteiger partial charge on any atom is 0.162 e. The highest BCUT2D eigenvalue weighted by Gasteiger charge is 2.24. The minimum Gasteiger partial charge on any atom is -0.378 e. The summed E-state index contributed by atoms with van der Waals surface area (Å²) >= 11 is 0. The van der Waals surface area contributed by atoms with Crippen LogP contribution in [0.15, 0.2) is 73.2 Å². The third-order valence-electron chi connectivity index (χ3n) is 5.59. The number of hydrazine groups is 1. The number of ether oxygens (including phenoxy) is 1. The summed E-state index contributed by atoms with van der Waals surface area (Å²) < 4.78 is 7.61. The first-order valence-corrected chi connectivity index (χ1v) is 10.0. The zero-order valence-electron chi connectivity index (χ0n) is 16.3. The number of benzene rings is 1.